The number of hydrogen-bond donors (Lipinski definition) is 3. The topological polar surface area (TPSA) is 97.4 Å². The van der Waals surface area contributed by atoms with Gasteiger partial charge in [0.1, 0.15) is 0 Å². The average molecular weight is 392 g/mol. The molecule has 0 saturated carbocycles. The molecule has 0 unspecified atom stereocenters. The SMILES string of the molecule is Cl.NCc1cc(NC(=O)CCNC(=O)c2ccco2)cc(C(F)(F)F)c1. The lowest BCUT2D eigenvalue weighted by Crippen LogP contribution is -2.27. The van der Waals surface area contributed by atoms with Crippen molar-refractivity contribution >= 4 is 29.9 Å². The molecular weight excluding hydrogens is 375 g/mol. The molecule has 2 amide bonds. The van der Waals surface area contributed by atoms with E-state index >= 15 is 0 Å². The van der Waals surface area contributed by atoms with Gasteiger partial charge < -0.3 is 20.8 Å². The first-order chi connectivity index (χ1) is 11.8. The maximum atomic E-state index is 12.8. The van der Waals surface area contributed by atoms with Crippen LogP contribution in [0.1, 0.15) is 28.1 Å². The maximum absolute atomic E-state index is 12.8. The molecule has 2 rings (SSSR count). The Hall–Kier alpha value is -2.52. The normalized spacial score (nSPS) is 10.8. The van der Waals surface area contributed by atoms with Gasteiger partial charge in [0.2, 0.25) is 5.91 Å². The minimum absolute atomic E-state index is 0. The van der Waals surface area contributed by atoms with Gasteiger partial charge in [-0.1, -0.05) is 0 Å². The first kappa shape index (κ1) is 21.5. The van der Waals surface area contributed by atoms with Gasteiger partial charge in [-0.2, -0.15) is 13.2 Å². The molecule has 2 aromatic rings. The lowest BCUT2D eigenvalue weighted by Gasteiger charge is -2.12. The van der Waals surface area contributed by atoms with Gasteiger partial charge in [-0.3, -0.25) is 9.59 Å². The van der Waals surface area contributed by atoms with Crippen molar-refractivity contribution in [2.24, 2.45) is 5.73 Å². The van der Waals surface area contributed by atoms with Crippen LogP contribution in [0.4, 0.5) is 18.9 Å². The fraction of sp³-hybridized carbons (Fsp3) is 0.250. The van der Waals surface area contributed by atoms with Crippen molar-refractivity contribution in [2.75, 3.05) is 11.9 Å². The standard InChI is InChI=1S/C16H16F3N3O3.ClH/c17-16(18,19)11-6-10(9-20)7-12(8-11)22-14(23)3-4-21-15(24)13-2-1-5-25-13;/h1-2,5-8H,3-4,9,20H2,(H,21,24)(H,22,23);1H. The highest BCUT2D eigenvalue weighted by Gasteiger charge is 2.31. The van der Waals surface area contributed by atoms with E-state index in [0.717, 1.165) is 12.1 Å². The summed E-state index contributed by atoms with van der Waals surface area (Å²) in [5.74, 6) is -0.921. The van der Waals surface area contributed by atoms with Gasteiger partial charge in [0, 0.05) is 25.2 Å². The molecular formula is C16H17ClF3N3O3. The molecule has 0 aliphatic heterocycles. The number of nitrogens with one attached hydrogen (secondary N) is 2. The number of carbonyl (C=O) groups excluding carboxylic acids is 2. The van der Waals surface area contributed by atoms with Crippen molar-refractivity contribution in [1.82, 2.24) is 5.32 Å². The molecule has 142 valence electrons. The van der Waals surface area contributed by atoms with Crippen LogP contribution >= 0.6 is 12.4 Å². The van der Waals surface area contributed by atoms with Crippen LogP contribution in [-0.4, -0.2) is 18.4 Å². The molecule has 10 heteroatoms. The lowest BCUT2D eigenvalue weighted by molar-refractivity contribution is -0.137. The summed E-state index contributed by atoms with van der Waals surface area (Å²) in [5, 5.41) is 4.83. The van der Waals surface area contributed by atoms with E-state index in [-0.39, 0.29) is 48.9 Å². The molecule has 4 N–H and O–H groups in total. The summed E-state index contributed by atoms with van der Waals surface area (Å²) in [6.45, 7) is -0.0833. The predicted octanol–water partition coefficient (Wildman–Crippen LogP) is 2.94. The molecule has 0 aliphatic rings. The molecule has 0 spiro atoms. The molecule has 0 saturated heterocycles. The van der Waals surface area contributed by atoms with Gasteiger partial charge in [0.15, 0.2) is 5.76 Å². The Morgan fingerprint density at radius 1 is 1.19 bits per heavy atom. The third-order valence-corrected chi connectivity index (χ3v) is 3.22. The number of halogens is 4. The van der Waals surface area contributed by atoms with E-state index in [4.69, 9.17) is 10.2 Å². The molecule has 0 atom stereocenters. The van der Waals surface area contributed by atoms with Gasteiger partial charge in [-0.25, -0.2) is 0 Å². The van der Waals surface area contributed by atoms with Gasteiger partial charge in [-0.05, 0) is 35.9 Å². The lowest BCUT2D eigenvalue weighted by atomic mass is 10.1. The van der Waals surface area contributed by atoms with E-state index in [9.17, 15) is 22.8 Å². The van der Waals surface area contributed by atoms with Crippen LogP contribution in [0, 0.1) is 0 Å². The molecule has 1 aromatic carbocycles. The molecule has 1 aromatic heterocycles. The summed E-state index contributed by atoms with van der Waals surface area (Å²) in [6, 6.07) is 6.14. The van der Waals surface area contributed by atoms with Crippen molar-refractivity contribution in [2.45, 2.75) is 19.1 Å². The number of alkyl halides is 3. The van der Waals surface area contributed by atoms with E-state index in [1.165, 1.54) is 18.4 Å². The van der Waals surface area contributed by atoms with Crippen LogP contribution in [0.2, 0.25) is 0 Å². The second kappa shape index (κ2) is 9.25. The third kappa shape index (κ3) is 6.08. The van der Waals surface area contributed by atoms with Crippen molar-refractivity contribution < 1.29 is 27.2 Å². The summed E-state index contributed by atoms with van der Waals surface area (Å²) in [4.78, 5) is 23.5. The Morgan fingerprint density at radius 3 is 2.50 bits per heavy atom. The average Bonchev–Trinajstić information content (AvgIpc) is 3.08. The Balaban J connectivity index is 0.00000338. The zero-order chi connectivity index (χ0) is 18.4. The second-order valence-corrected chi connectivity index (χ2v) is 5.15. The summed E-state index contributed by atoms with van der Waals surface area (Å²) < 4.78 is 43.4. The number of benzene rings is 1. The van der Waals surface area contributed by atoms with Crippen molar-refractivity contribution in [1.29, 1.82) is 0 Å². The van der Waals surface area contributed by atoms with E-state index in [1.54, 1.807) is 6.07 Å². The fourth-order valence-electron chi connectivity index (χ4n) is 2.05. The van der Waals surface area contributed by atoms with Crippen LogP contribution in [0.3, 0.4) is 0 Å². The Labute approximate surface area is 153 Å². The highest BCUT2D eigenvalue weighted by Crippen LogP contribution is 2.32. The fourth-order valence-corrected chi connectivity index (χ4v) is 2.05. The second-order valence-electron chi connectivity index (χ2n) is 5.15. The predicted molar refractivity (Wildman–Crippen MR) is 90.9 cm³/mol. The van der Waals surface area contributed by atoms with Crippen LogP contribution in [0.25, 0.3) is 0 Å². The highest BCUT2D eigenvalue weighted by atomic mass is 35.5. The van der Waals surface area contributed by atoms with E-state index in [0.29, 0.717) is 0 Å². The monoisotopic (exact) mass is 391 g/mol. The van der Waals surface area contributed by atoms with E-state index in [1.807, 2.05) is 0 Å². The number of amides is 2. The van der Waals surface area contributed by atoms with Crippen molar-refractivity contribution in [3.05, 3.63) is 53.5 Å². The number of furan rings is 1. The molecule has 0 aliphatic carbocycles. The van der Waals surface area contributed by atoms with Gasteiger partial charge in [0.05, 0.1) is 11.8 Å². The molecule has 0 fully saturated rings. The molecule has 0 radical (unpaired) electrons. The zero-order valence-electron chi connectivity index (χ0n) is 13.4. The number of anilines is 1. The number of carbonyl (C=O) groups is 2. The van der Waals surface area contributed by atoms with Gasteiger partial charge >= 0.3 is 6.18 Å². The third-order valence-electron chi connectivity index (χ3n) is 3.22. The Bertz CT molecular complexity index is 749. The number of hydrogen-bond acceptors (Lipinski definition) is 4. The van der Waals surface area contributed by atoms with Gasteiger partial charge in [0.25, 0.3) is 5.91 Å². The first-order valence-electron chi connectivity index (χ1n) is 7.32. The van der Waals surface area contributed by atoms with Crippen LogP contribution < -0.4 is 16.4 Å². The Morgan fingerprint density at radius 2 is 1.92 bits per heavy atom. The number of rotatable bonds is 6. The Kier molecular flexibility index (Phi) is 7.66. The summed E-state index contributed by atoms with van der Waals surface area (Å²) in [6.07, 6.45) is -3.31. The van der Waals surface area contributed by atoms with Crippen molar-refractivity contribution in [3.63, 3.8) is 0 Å². The highest BCUT2D eigenvalue weighted by molar-refractivity contribution is 5.93. The molecule has 0 bridgehead atoms. The summed E-state index contributed by atoms with van der Waals surface area (Å²) >= 11 is 0. The van der Waals surface area contributed by atoms with Crippen molar-refractivity contribution in [3.8, 4) is 0 Å². The minimum atomic E-state index is -4.54. The smallest absolute Gasteiger partial charge is 0.416 e. The summed E-state index contributed by atoms with van der Waals surface area (Å²) in [5.41, 5.74) is 4.74. The molecule has 26 heavy (non-hydrogen) atoms. The van der Waals surface area contributed by atoms with Crippen LogP contribution in [0.15, 0.2) is 41.0 Å². The zero-order valence-corrected chi connectivity index (χ0v) is 14.2. The van der Waals surface area contributed by atoms with Crippen LogP contribution in [0.5, 0.6) is 0 Å². The minimum Gasteiger partial charge on any atom is -0.459 e. The quantitative estimate of drug-likeness (QED) is 0.705. The first-order valence-corrected chi connectivity index (χ1v) is 7.32. The largest absolute Gasteiger partial charge is 0.459 e. The van der Waals surface area contributed by atoms with Crippen LogP contribution in [-0.2, 0) is 17.5 Å². The van der Waals surface area contributed by atoms with Gasteiger partial charge in [-0.15, -0.1) is 12.4 Å². The van der Waals surface area contributed by atoms with E-state index < -0.39 is 23.6 Å². The molecule has 1 heterocycles. The van der Waals surface area contributed by atoms with E-state index in [2.05, 4.69) is 10.6 Å². The summed E-state index contributed by atoms with van der Waals surface area (Å²) in [7, 11) is 0. The maximum Gasteiger partial charge on any atom is 0.416 e. The number of nitrogens with two attached hydrogens (primary N) is 1. The molecule has 6 nitrogen and oxygen atoms in total.